The van der Waals surface area contributed by atoms with Crippen molar-refractivity contribution in [3.63, 3.8) is 0 Å². The molecule has 0 radical (unpaired) electrons. The first kappa shape index (κ1) is 25.5. The quantitative estimate of drug-likeness (QED) is 0.566. The summed E-state index contributed by atoms with van der Waals surface area (Å²) in [5, 5.41) is 13.6. The number of carbonyl (C=O) groups excluding carboxylic acids is 1. The molecule has 3 rings (SSSR count). The molecule has 34 heavy (non-hydrogen) atoms. The fourth-order valence-electron chi connectivity index (χ4n) is 4.38. The molecule has 9 heteroatoms. The Hall–Kier alpha value is -3.10. The maximum Gasteiger partial charge on any atom is 0.410 e. The van der Waals surface area contributed by atoms with Crippen LogP contribution in [0.5, 0.6) is 5.75 Å². The zero-order valence-electron chi connectivity index (χ0n) is 20.8. The van der Waals surface area contributed by atoms with Gasteiger partial charge in [0.1, 0.15) is 12.4 Å². The minimum atomic E-state index is -0.758. The predicted octanol–water partition coefficient (Wildman–Crippen LogP) is 4.65. The summed E-state index contributed by atoms with van der Waals surface area (Å²) in [5.41, 5.74) is 1.92. The van der Waals surface area contributed by atoms with Crippen LogP contribution in [0.4, 0.5) is 4.79 Å². The van der Waals surface area contributed by atoms with Crippen LogP contribution in [-0.2, 0) is 23.2 Å². The second kappa shape index (κ2) is 10.9. The number of carbonyl (C=O) groups is 2. The highest BCUT2D eigenvalue weighted by Crippen LogP contribution is 2.29. The molecule has 2 aromatic rings. The molecule has 9 nitrogen and oxygen atoms in total. The molecule has 2 heterocycles. The normalized spacial score (nSPS) is 18.4. The van der Waals surface area contributed by atoms with Gasteiger partial charge in [0, 0.05) is 25.2 Å². The zero-order valence-corrected chi connectivity index (χ0v) is 20.8. The number of aryl methyl sites for hydroxylation is 1. The van der Waals surface area contributed by atoms with Gasteiger partial charge < -0.3 is 19.5 Å². The van der Waals surface area contributed by atoms with E-state index in [1.54, 1.807) is 36.1 Å². The Morgan fingerprint density at radius 2 is 2.03 bits per heavy atom. The summed E-state index contributed by atoms with van der Waals surface area (Å²) in [7, 11) is 3.56. The van der Waals surface area contributed by atoms with Gasteiger partial charge >= 0.3 is 12.1 Å². The largest absolute Gasteiger partial charge is 0.489 e. The number of ether oxygens (including phenoxy) is 2. The second-order valence-electron chi connectivity index (χ2n) is 9.63. The molecule has 1 aliphatic carbocycles. The maximum absolute atomic E-state index is 12.6. The molecule has 1 aliphatic rings. The van der Waals surface area contributed by atoms with Gasteiger partial charge in [0.2, 0.25) is 0 Å². The van der Waals surface area contributed by atoms with E-state index in [1.165, 1.54) is 0 Å². The van der Waals surface area contributed by atoms with E-state index in [1.807, 2.05) is 26.0 Å². The number of nitrogens with zero attached hydrogens (tertiary/aromatic N) is 4. The molecule has 2 aromatic heterocycles. The predicted molar refractivity (Wildman–Crippen MR) is 127 cm³/mol. The van der Waals surface area contributed by atoms with Crippen molar-refractivity contribution in [3.8, 4) is 17.0 Å². The van der Waals surface area contributed by atoms with E-state index in [0.717, 1.165) is 36.9 Å². The summed E-state index contributed by atoms with van der Waals surface area (Å²) < 4.78 is 13.3. The standard InChI is InChI=1S/C25H36N4O5/c1-6-12-25(2,3)28(4)24(32)33-16-22-20(15-27-29(22)5)21-11-10-19(14-26-21)34-18-9-7-8-17(13-18)23(30)31/h10-11,14-15,17-18H,6-9,12-13,16H2,1-5H3,(H,30,31)/t17-,18-/m0/s1. The minimum absolute atomic E-state index is 0.0792. The minimum Gasteiger partial charge on any atom is -0.489 e. The number of carboxylic acid groups (broad SMARTS) is 1. The molecular formula is C25H36N4O5. The SMILES string of the molecule is CCCC(C)(C)N(C)C(=O)OCc1c(-c2ccc(O[C@H]3CCC[C@H](C(=O)O)C3)cn2)cnn1C. The average Bonchev–Trinajstić information content (AvgIpc) is 3.17. The zero-order chi connectivity index (χ0) is 24.9. The molecular weight excluding hydrogens is 436 g/mol. The van der Waals surface area contributed by atoms with E-state index in [-0.39, 0.29) is 30.3 Å². The Morgan fingerprint density at radius 3 is 2.68 bits per heavy atom. The van der Waals surface area contributed by atoms with Gasteiger partial charge in [-0.25, -0.2) is 4.79 Å². The Morgan fingerprint density at radius 1 is 1.26 bits per heavy atom. The molecule has 0 unspecified atom stereocenters. The summed E-state index contributed by atoms with van der Waals surface area (Å²) in [5.74, 6) is -0.499. The van der Waals surface area contributed by atoms with Crippen molar-refractivity contribution in [2.24, 2.45) is 13.0 Å². The molecule has 1 saturated carbocycles. The van der Waals surface area contributed by atoms with E-state index in [2.05, 4.69) is 17.0 Å². The highest BCUT2D eigenvalue weighted by atomic mass is 16.6. The molecule has 2 atom stereocenters. The number of aromatic nitrogens is 3. The van der Waals surface area contributed by atoms with Crippen LogP contribution in [0.2, 0.25) is 0 Å². The Kier molecular flexibility index (Phi) is 8.17. The highest BCUT2D eigenvalue weighted by molar-refractivity contribution is 5.70. The van der Waals surface area contributed by atoms with Crippen LogP contribution in [0.1, 0.15) is 65.0 Å². The Bertz CT molecular complexity index is 986. The van der Waals surface area contributed by atoms with Crippen LogP contribution < -0.4 is 4.74 Å². The fraction of sp³-hybridized carbons (Fsp3) is 0.600. The maximum atomic E-state index is 12.6. The monoisotopic (exact) mass is 472 g/mol. The van der Waals surface area contributed by atoms with Crippen LogP contribution in [0.25, 0.3) is 11.3 Å². The van der Waals surface area contributed by atoms with Gasteiger partial charge in [0.15, 0.2) is 0 Å². The summed E-state index contributed by atoms with van der Waals surface area (Å²) in [6.45, 7) is 6.22. The lowest BCUT2D eigenvalue weighted by atomic mass is 9.87. The van der Waals surface area contributed by atoms with E-state index >= 15 is 0 Å². The van der Waals surface area contributed by atoms with Crippen LogP contribution in [0.15, 0.2) is 24.5 Å². The molecule has 1 amide bonds. The van der Waals surface area contributed by atoms with Crippen LogP contribution >= 0.6 is 0 Å². The Balaban J connectivity index is 1.65. The van der Waals surface area contributed by atoms with Gasteiger partial charge in [0.25, 0.3) is 0 Å². The first-order valence-corrected chi connectivity index (χ1v) is 11.9. The van der Waals surface area contributed by atoms with Gasteiger partial charge in [-0.2, -0.15) is 5.10 Å². The third kappa shape index (κ3) is 6.07. The molecule has 186 valence electrons. The number of pyridine rings is 1. The van der Waals surface area contributed by atoms with Crippen molar-refractivity contribution in [1.82, 2.24) is 19.7 Å². The third-order valence-corrected chi connectivity index (χ3v) is 6.73. The topological polar surface area (TPSA) is 107 Å². The van der Waals surface area contributed by atoms with Crippen molar-refractivity contribution in [1.29, 1.82) is 0 Å². The number of hydrogen-bond donors (Lipinski definition) is 1. The van der Waals surface area contributed by atoms with Crippen LogP contribution in [0.3, 0.4) is 0 Å². The van der Waals surface area contributed by atoms with Crippen LogP contribution in [0, 0.1) is 5.92 Å². The first-order valence-electron chi connectivity index (χ1n) is 11.9. The molecule has 0 aromatic carbocycles. The molecule has 1 fully saturated rings. The van der Waals surface area contributed by atoms with Crippen LogP contribution in [-0.4, -0.2) is 55.5 Å². The van der Waals surface area contributed by atoms with E-state index < -0.39 is 5.97 Å². The van der Waals surface area contributed by atoms with Crippen molar-refractivity contribution in [3.05, 3.63) is 30.2 Å². The van der Waals surface area contributed by atoms with Gasteiger partial charge in [0.05, 0.1) is 35.8 Å². The summed E-state index contributed by atoms with van der Waals surface area (Å²) in [4.78, 5) is 30.1. The lowest BCUT2D eigenvalue weighted by molar-refractivity contribution is -0.143. The fourth-order valence-corrected chi connectivity index (χ4v) is 4.38. The lowest BCUT2D eigenvalue weighted by Crippen LogP contribution is -2.45. The molecule has 0 bridgehead atoms. The van der Waals surface area contributed by atoms with Gasteiger partial charge in [-0.15, -0.1) is 0 Å². The van der Waals surface area contributed by atoms with E-state index in [4.69, 9.17) is 9.47 Å². The Labute approximate surface area is 201 Å². The van der Waals surface area contributed by atoms with Crippen molar-refractivity contribution < 1.29 is 24.2 Å². The van der Waals surface area contributed by atoms with Gasteiger partial charge in [-0.05, 0) is 58.1 Å². The summed E-state index contributed by atoms with van der Waals surface area (Å²) in [6, 6.07) is 3.67. The molecule has 0 spiro atoms. The second-order valence-corrected chi connectivity index (χ2v) is 9.63. The van der Waals surface area contributed by atoms with E-state index in [0.29, 0.717) is 24.3 Å². The smallest absolute Gasteiger partial charge is 0.410 e. The molecule has 0 aliphatic heterocycles. The van der Waals surface area contributed by atoms with Crippen molar-refractivity contribution >= 4 is 12.1 Å². The summed E-state index contributed by atoms with van der Waals surface area (Å²) >= 11 is 0. The first-order chi connectivity index (χ1) is 16.1. The van der Waals surface area contributed by atoms with Crippen molar-refractivity contribution in [2.75, 3.05) is 7.05 Å². The molecule has 1 N–H and O–H groups in total. The van der Waals surface area contributed by atoms with E-state index in [9.17, 15) is 14.7 Å². The number of hydrogen-bond acceptors (Lipinski definition) is 6. The summed E-state index contributed by atoms with van der Waals surface area (Å²) in [6.07, 6.45) is 7.60. The molecule has 0 saturated heterocycles. The number of rotatable bonds is 9. The number of carboxylic acids is 1. The van der Waals surface area contributed by atoms with Gasteiger partial charge in [-0.1, -0.05) is 13.3 Å². The van der Waals surface area contributed by atoms with Crippen molar-refractivity contribution in [2.45, 2.75) is 77.5 Å². The van der Waals surface area contributed by atoms with Gasteiger partial charge in [-0.3, -0.25) is 14.5 Å². The number of amides is 1. The average molecular weight is 473 g/mol. The lowest BCUT2D eigenvalue weighted by Gasteiger charge is -2.34. The highest BCUT2D eigenvalue weighted by Gasteiger charge is 2.29. The third-order valence-electron chi connectivity index (χ3n) is 6.73. The number of aliphatic carboxylic acids is 1.